The highest BCUT2D eigenvalue weighted by Gasteiger charge is 2.18. The fourth-order valence-corrected chi connectivity index (χ4v) is 2.74. The molecule has 1 heteroatoms. The second-order valence-corrected chi connectivity index (χ2v) is 5.84. The largest absolute Gasteiger partial charge is 0.0840 e. The van der Waals surface area contributed by atoms with E-state index in [4.69, 9.17) is 11.6 Å². The summed E-state index contributed by atoms with van der Waals surface area (Å²) in [4.78, 5) is 0. The van der Waals surface area contributed by atoms with E-state index >= 15 is 0 Å². The summed E-state index contributed by atoms with van der Waals surface area (Å²) in [5, 5.41) is 0.920. The Balaban J connectivity index is 3.50. The van der Waals surface area contributed by atoms with Gasteiger partial charge in [0.25, 0.3) is 0 Å². The summed E-state index contributed by atoms with van der Waals surface area (Å²) in [6, 6.07) is 4.24. The van der Waals surface area contributed by atoms with Gasteiger partial charge in [-0.05, 0) is 40.5 Å². The maximum Gasteiger partial charge on any atom is 0.0443 e. The Hall–Kier alpha value is -0.490. The molecule has 0 heterocycles. The minimum Gasteiger partial charge on any atom is -0.0840 e. The van der Waals surface area contributed by atoms with Gasteiger partial charge in [0.05, 0.1) is 0 Å². The fourth-order valence-electron chi connectivity index (χ4n) is 2.36. The van der Waals surface area contributed by atoms with E-state index in [0.29, 0.717) is 17.8 Å². The van der Waals surface area contributed by atoms with Crippen molar-refractivity contribution in [2.24, 2.45) is 0 Å². The third kappa shape index (κ3) is 2.60. The SMILES string of the molecule is CC(C)c1ccc(Cl)c(C(C)C)c1C(C)C. The topological polar surface area (TPSA) is 0 Å². The lowest BCUT2D eigenvalue weighted by Gasteiger charge is -2.23. The van der Waals surface area contributed by atoms with Gasteiger partial charge in [-0.15, -0.1) is 0 Å². The molecule has 0 aliphatic carbocycles. The monoisotopic (exact) mass is 238 g/mol. The number of hydrogen-bond donors (Lipinski definition) is 0. The molecule has 0 aliphatic rings. The van der Waals surface area contributed by atoms with E-state index in [-0.39, 0.29) is 0 Å². The molecule has 1 aromatic rings. The molecule has 0 aromatic heterocycles. The van der Waals surface area contributed by atoms with Gasteiger partial charge in [0.1, 0.15) is 0 Å². The number of benzene rings is 1. The van der Waals surface area contributed by atoms with E-state index in [1.165, 1.54) is 16.7 Å². The first-order chi connectivity index (χ1) is 7.36. The van der Waals surface area contributed by atoms with Crippen molar-refractivity contribution < 1.29 is 0 Å². The summed E-state index contributed by atoms with van der Waals surface area (Å²) in [6.07, 6.45) is 0. The molecule has 0 atom stereocenters. The van der Waals surface area contributed by atoms with E-state index in [0.717, 1.165) is 5.02 Å². The average Bonchev–Trinajstić information content (AvgIpc) is 2.15. The summed E-state index contributed by atoms with van der Waals surface area (Å²) in [5.74, 6) is 1.59. The summed E-state index contributed by atoms with van der Waals surface area (Å²) in [6.45, 7) is 13.4. The van der Waals surface area contributed by atoms with Crippen LogP contribution in [0.15, 0.2) is 12.1 Å². The zero-order valence-electron chi connectivity index (χ0n) is 11.3. The molecule has 0 radical (unpaired) electrons. The van der Waals surface area contributed by atoms with Crippen LogP contribution in [0.3, 0.4) is 0 Å². The van der Waals surface area contributed by atoms with Gasteiger partial charge in [-0.2, -0.15) is 0 Å². The normalized spacial score (nSPS) is 11.9. The standard InChI is InChI=1S/C15H23Cl/c1-9(2)12-7-8-13(16)15(11(5)6)14(12)10(3)4/h7-11H,1-6H3. The van der Waals surface area contributed by atoms with Crippen molar-refractivity contribution in [3.05, 3.63) is 33.8 Å². The van der Waals surface area contributed by atoms with Gasteiger partial charge in [-0.1, -0.05) is 59.2 Å². The first-order valence-electron chi connectivity index (χ1n) is 6.18. The predicted octanol–water partition coefficient (Wildman–Crippen LogP) is 5.71. The molecule has 0 N–H and O–H groups in total. The van der Waals surface area contributed by atoms with Gasteiger partial charge >= 0.3 is 0 Å². The number of halogens is 1. The summed E-state index contributed by atoms with van der Waals surface area (Å²) >= 11 is 6.35. The van der Waals surface area contributed by atoms with Crippen LogP contribution in [0.2, 0.25) is 5.02 Å². The highest BCUT2D eigenvalue weighted by Crippen LogP contribution is 2.37. The van der Waals surface area contributed by atoms with E-state index in [1.807, 2.05) is 0 Å². The third-order valence-electron chi connectivity index (χ3n) is 3.04. The van der Waals surface area contributed by atoms with Crippen LogP contribution in [0.4, 0.5) is 0 Å². The second kappa shape index (κ2) is 5.23. The second-order valence-electron chi connectivity index (χ2n) is 5.43. The van der Waals surface area contributed by atoms with E-state index < -0.39 is 0 Å². The van der Waals surface area contributed by atoms with Crippen molar-refractivity contribution in [1.29, 1.82) is 0 Å². The Morgan fingerprint density at radius 1 is 0.750 bits per heavy atom. The predicted molar refractivity (Wildman–Crippen MR) is 73.7 cm³/mol. The van der Waals surface area contributed by atoms with Crippen LogP contribution in [-0.2, 0) is 0 Å². The molecule has 0 bridgehead atoms. The molecule has 0 saturated heterocycles. The van der Waals surface area contributed by atoms with Crippen LogP contribution in [0.5, 0.6) is 0 Å². The van der Waals surface area contributed by atoms with Crippen molar-refractivity contribution in [3.8, 4) is 0 Å². The van der Waals surface area contributed by atoms with Gasteiger partial charge in [-0.25, -0.2) is 0 Å². The fraction of sp³-hybridized carbons (Fsp3) is 0.600. The third-order valence-corrected chi connectivity index (χ3v) is 3.37. The van der Waals surface area contributed by atoms with Gasteiger partial charge < -0.3 is 0 Å². The Bertz CT molecular complexity index is 362. The van der Waals surface area contributed by atoms with Crippen LogP contribution in [0.1, 0.15) is 76.0 Å². The van der Waals surface area contributed by atoms with Crippen molar-refractivity contribution >= 4 is 11.6 Å². The van der Waals surface area contributed by atoms with Crippen LogP contribution in [-0.4, -0.2) is 0 Å². The smallest absolute Gasteiger partial charge is 0.0443 e. The first kappa shape index (κ1) is 13.6. The lowest BCUT2D eigenvalue weighted by molar-refractivity contribution is 0.748. The average molecular weight is 239 g/mol. The molecule has 0 unspecified atom stereocenters. The summed E-state index contributed by atoms with van der Waals surface area (Å²) in [5.41, 5.74) is 4.24. The molecule has 1 rings (SSSR count). The van der Waals surface area contributed by atoms with Crippen LogP contribution < -0.4 is 0 Å². The molecule has 0 fully saturated rings. The lowest BCUT2D eigenvalue weighted by Crippen LogP contribution is -2.06. The highest BCUT2D eigenvalue weighted by molar-refractivity contribution is 6.31. The van der Waals surface area contributed by atoms with Crippen LogP contribution >= 0.6 is 11.6 Å². The maximum absolute atomic E-state index is 6.35. The molecular formula is C15H23Cl. The Labute approximate surface area is 105 Å². The molecule has 0 nitrogen and oxygen atoms in total. The molecule has 0 spiro atoms. The van der Waals surface area contributed by atoms with Crippen molar-refractivity contribution in [1.82, 2.24) is 0 Å². The van der Waals surface area contributed by atoms with Gasteiger partial charge in [0.15, 0.2) is 0 Å². The zero-order chi connectivity index (χ0) is 12.5. The van der Waals surface area contributed by atoms with E-state index in [9.17, 15) is 0 Å². The number of hydrogen-bond acceptors (Lipinski definition) is 0. The lowest BCUT2D eigenvalue weighted by atomic mass is 9.83. The molecule has 90 valence electrons. The van der Waals surface area contributed by atoms with Gasteiger partial charge in [0.2, 0.25) is 0 Å². The van der Waals surface area contributed by atoms with E-state index in [1.54, 1.807) is 0 Å². The molecular weight excluding hydrogens is 216 g/mol. The van der Waals surface area contributed by atoms with Crippen LogP contribution in [0, 0.1) is 0 Å². The maximum atomic E-state index is 6.35. The van der Waals surface area contributed by atoms with Crippen molar-refractivity contribution in [2.45, 2.75) is 59.3 Å². The Kier molecular flexibility index (Phi) is 4.43. The minimum atomic E-state index is 0.489. The van der Waals surface area contributed by atoms with Crippen LogP contribution in [0.25, 0.3) is 0 Å². The van der Waals surface area contributed by atoms with Gasteiger partial charge in [-0.3, -0.25) is 0 Å². The summed E-state index contributed by atoms with van der Waals surface area (Å²) in [7, 11) is 0. The quantitative estimate of drug-likeness (QED) is 0.633. The molecule has 1 aromatic carbocycles. The zero-order valence-corrected chi connectivity index (χ0v) is 12.0. The number of rotatable bonds is 3. The van der Waals surface area contributed by atoms with Crippen molar-refractivity contribution in [2.75, 3.05) is 0 Å². The molecule has 16 heavy (non-hydrogen) atoms. The minimum absolute atomic E-state index is 0.489. The molecule has 0 amide bonds. The molecule has 0 aliphatic heterocycles. The Morgan fingerprint density at radius 2 is 1.25 bits per heavy atom. The van der Waals surface area contributed by atoms with Crippen molar-refractivity contribution in [3.63, 3.8) is 0 Å². The van der Waals surface area contributed by atoms with E-state index in [2.05, 4.69) is 53.7 Å². The first-order valence-corrected chi connectivity index (χ1v) is 6.56. The van der Waals surface area contributed by atoms with Gasteiger partial charge in [0, 0.05) is 5.02 Å². The summed E-state index contributed by atoms with van der Waals surface area (Å²) < 4.78 is 0. The Morgan fingerprint density at radius 3 is 1.62 bits per heavy atom. The molecule has 0 saturated carbocycles. The highest BCUT2D eigenvalue weighted by atomic mass is 35.5.